The van der Waals surface area contributed by atoms with E-state index in [9.17, 15) is 14.9 Å². The van der Waals surface area contributed by atoms with Crippen LogP contribution in [0.4, 0.5) is 11.4 Å². The first-order valence-corrected chi connectivity index (χ1v) is 6.11. The van der Waals surface area contributed by atoms with E-state index in [1.165, 1.54) is 12.1 Å². The van der Waals surface area contributed by atoms with Crippen molar-refractivity contribution in [2.45, 2.75) is 32.7 Å². The lowest BCUT2D eigenvalue weighted by molar-refractivity contribution is -0.384. The molecular formula is C12H16ClN3O3. The molecule has 1 amide bonds. The second-order valence-electron chi connectivity index (χ2n) is 4.60. The molecule has 7 heteroatoms. The van der Waals surface area contributed by atoms with Gasteiger partial charge in [0.05, 0.1) is 10.5 Å². The summed E-state index contributed by atoms with van der Waals surface area (Å²) in [6, 6.07) is 2.68. The van der Waals surface area contributed by atoms with E-state index in [1.807, 2.05) is 0 Å². The Bertz CT molecular complexity index is 529. The van der Waals surface area contributed by atoms with Crippen molar-refractivity contribution in [3.05, 3.63) is 32.8 Å². The number of hydrogen-bond acceptors (Lipinski definition) is 4. The van der Waals surface area contributed by atoms with Gasteiger partial charge in [-0.2, -0.15) is 0 Å². The van der Waals surface area contributed by atoms with Gasteiger partial charge < -0.3 is 11.1 Å². The third-order valence-corrected chi connectivity index (χ3v) is 3.29. The van der Waals surface area contributed by atoms with Crippen molar-refractivity contribution >= 4 is 28.9 Å². The molecule has 0 fully saturated rings. The van der Waals surface area contributed by atoms with E-state index in [0.29, 0.717) is 17.7 Å². The summed E-state index contributed by atoms with van der Waals surface area (Å²) in [6.45, 7) is 5.07. The number of nitrogens with two attached hydrogens (primary N) is 1. The Morgan fingerprint density at radius 2 is 2.16 bits per heavy atom. The minimum Gasteiger partial charge on any atom is -0.324 e. The molecule has 0 saturated carbocycles. The molecule has 0 aliphatic carbocycles. The Morgan fingerprint density at radius 3 is 2.63 bits per heavy atom. The summed E-state index contributed by atoms with van der Waals surface area (Å²) in [6.07, 6.45) is 0.471. The van der Waals surface area contributed by atoms with Gasteiger partial charge in [-0.05, 0) is 31.9 Å². The van der Waals surface area contributed by atoms with Crippen molar-refractivity contribution in [1.82, 2.24) is 0 Å². The zero-order valence-electron chi connectivity index (χ0n) is 11.0. The molecule has 1 rings (SSSR count). The zero-order chi connectivity index (χ0) is 14.8. The van der Waals surface area contributed by atoms with E-state index in [-0.39, 0.29) is 16.6 Å². The molecule has 1 aromatic rings. The molecular weight excluding hydrogens is 270 g/mol. The Kier molecular flexibility index (Phi) is 4.49. The van der Waals surface area contributed by atoms with Crippen LogP contribution in [0.5, 0.6) is 0 Å². The van der Waals surface area contributed by atoms with Gasteiger partial charge in [0, 0.05) is 11.8 Å². The molecule has 19 heavy (non-hydrogen) atoms. The number of nitrogens with one attached hydrogen (secondary N) is 1. The summed E-state index contributed by atoms with van der Waals surface area (Å²) < 4.78 is 0. The second-order valence-corrected chi connectivity index (χ2v) is 5.01. The minimum atomic E-state index is -0.999. The number of nitro groups is 1. The van der Waals surface area contributed by atoms with Crippen molar-refractivity contribution in [2.24, 2.45) is 5.73 Å². The van der Waals surface area contributed by atoms with Gasteiger partial charge >= 0.3 is 0 Å². The van der Waals surface area contributed by atoms with Crippen LogP contribution in [0.3, 0.4) is 0 Å². The number of nitrogens with zero attached hydrogens (tertiary/aromatic N) is 1. The van der Waals surface area contributed by atoms with E-state index in [2.05, 4.69) is 5.32 Å². The second kappa shape index (κ2) is 5.54. The lowest BCUT2D eigenvalue weighted by Gasteiger charge is -2.22. The number of rotatable bonds is 4. The number of halogens is 1. The minimum absolute atomic E-state index is 0.0267. The van der Waals surface area contributed by atoms with Gasteiger partial charge in [0.15, 0.2) is 0 Å². The largest absolute Gasteiger partial charge is 0.324 e. The highest BCUT2D eigenvalue weighted by molar-refractivity contribution is 6.33. The molecule has 0 aliphatic rings. The molecule has 0 radical (unpaired) electrons. The highest BCUT2D eigenvalue weighted by atomic mass is 35.5. The van der Waals surface area contributed by atoms with Crippen LogP contribution >= 0.6 is 11.6 Å². The fourth-order valence-corrected chi connectivity index (χ4v) is 1.60. The Hall–Kier alpha value is -1.66. The summed E-state index contributed by atoms with van der Waals surface area (Å²) in [5, 5.41) is 13.3. The number of aryl methyl sites for hydroxylation is 1. The van der Waals surface area contributed by atoms with Crippen LogP contribution in [0.2, 0.25) is 5.02 Å². The average Bonchev–Trinajstić information content (AvgIpc) is 2.32. The number of amides is 1. The maximum Gasteiger partial charge on any atom is 0.288 e. The topological polar surface area (TPSA) is 98.3 Å². The number of carbonyl (C=O) groups excluding carboxylic acids is 1. The van der Waals surface area contributed by atoms with Gasteiger partial charge in [0.1, 0.15) is 5.02 Å². The standard InChI is InChI=1S/C12H16ClN3O3/c1-4-12(3,14)11(17)15-9-6-8(13)10(16(18)19)5-7(9)2/h5-6H,4,14H2,1-3H3,(H,15,17). The molecule has 0 bridgehead atoms. The van der Waals surface area contributed by atoms with Crippen LogP contribution in [-0.2, 0) is 4.79 Å². The number of anilines is 1. The van der Waals surface area contributed by atoms with Crippen LogP contribution < -0.4 is 11.1 Å². The molecule has 0 heterocycles. The van der Waals surface area contributed by atoms with Crippen molar-refractivity contribution in [3.63, 3.8) is 0 Å². The van der Waals surface area contributed by atoms with Crippen LogP contribution in [0.25, 0.3) is 0 Å². The highest BCUT2D eigenvalue weighted by Crippen LogP contribution is 2.30. The monoisotopic (exact) mass is 285 g/mol. The van der Waals surface area contributed by atoms with Crippen LogP contribution in [0.15, 0.2) is 12.1 Å². The fraction of sp³-hybridized carbons (Fsp3) is 0.417. The molecule has 1 unspecified atom stereocenters. The Balaban J connectivity index is 3.08. The van der Waals surface area contributed by atoms with Crippen LogP contribution in [-0.4, -0.2) is 16.4 Å². The molecule has 1 atom stereocenters. The molecule has 0 aliphatic heterocycles. The summed E-state index contributed by atoms with van der Waals surface area (Å²) >= 11 is 5.80. The third-order valence-electron chi connectivity index (χ3n) is 2.99. The molecule has 3 N–H and O–H groups in total. The summed E-state index contributed by atoms with van der Waals surface area (Å²) in [5.41, 5.74) is 5.60. The first kappa shape index (κ1) is 15.4. The van der Waals surface area contributed by atoms with E-state index in [4.69, 9.17) is 17.3 Å². The predicted octanol–water partition coefficient (Wildman–Crippen LogP) is 2.62. The first-order chi connectivity index (χ1) is 8.69. The smallest absolute Gasteiger partial charge is 0.288 e. The summed E-state index contributed by atoms with van der Waals surface area (Å²) in [5.74, 6) is -0.358. The third kappa shape index (κ3) is 3.42. The normalized spacial score (nSPS) is 13.7. The van der Waals surface area contributed by atoms with Crippen LogP contribution in [0.1, 0.15) is 25.8 Å². The molecule has 0 aromatic heterocycles. The SMILES string of the molecule is CCC(C)(N)C(=O)Nc1cc(Cl)c([N+](=O)[O-])cc1C. The van der Waals surface area contributed by atoms with Gasteiger partial charge in [-0.3, -0.25) is 14.9 Å². The number of benzene rings is 1. The number of carbonyl (C=O) groups is 1. The van der Waals surface area contributed by atoms with E-state index >= 15 is 0 Å². The molecule has 1 aromatic carbocycles. The first-order valence-electron chi connectivity index (χ1n) is 5.74. The van der Waals surface area contributed by atoms with Crippen molar-refractivity contribution in [2.75, 3.05) is 5.32 Å². The number of hydrogen-bond donors (Lipinski definition) is 2. The summed E-state index contributed by atoms with van der Waals surface area (Å²) in [7, 11) is 0. The maximum atomic E-state index is 11.9. The maximum absolute atomic E-state index is 11.9. The Morgan fingerprint density at radius 1 is 1.58 bits per heavy atom. The van der Waals surface area contributed by atoms with E-state index < -0.39 is 10.5 Å². The number of nitro benzene ring substituents is 1. The summed E-state index contributed by atoms with van der Waals surface area (Å²) in [4.78, 5) is 22.1. The van der Waals surface area contributed by atoms with Gasteiger partial charge in [-0.1, -0.05) is 18.5 Å². The van der Waals surface area contributed by atoms with Crippen molar-refractivity contribution in [1.29, 1.82) is 0 Å². The molecule has 0 saturated heterocycles. The van der Waals surface area contributed by atoms with Gasteiger partial charge in [0.2, 0.25) is 5.91 Å². The van der Waals surface area contributed by atoms with Gasteiger partial charge in [-0.25, -0.2) is 0 Å². The van der Waals surface area contributed by atoms with Crippen molar-refractivity contribution < 1.29 is 9.72 Å². The van der Waals surface area contributed by atoms with Gasteiger partial charge in [0.25, 0.3) is 5.69 Å². The molecule has 6 nitrogen and oxygen atoms in total. The fourth-order valence-electron chi connectivity index (χ4n) is 1.37. The predicted molar refractivity (Wildman–Crippen MR) is 74.4 cm³/mol. The van der Waals surface area contributed by atoms with E-state index in [0.717, 1.165) is 0 Å². The Labute approximate surface area is 116 Å². The lowest BCUT2D eigenvalue weighted by Crippen LogP contribution is -2.47. The quantitative estimate of drug-likeness (QED) is 0.656. The van der Waals surface area contributed by atoms with Crippen LogP contribution in [0, 0.1) is 17.0 Å². The lowest BCUT2D eigenvalue weighted by atomic mass is 9.99. The molecule has 0 spiro atoms. The van der Waals surface area contributed by atoms with Gasteiger partial charge in [-0.15, -0.1) is 0 Å². The highest BCUT2D eigenvalue weighted by Gasteiger charge is 2.27. The average molecular weight is 286 g/mol. The van der Waals surface area contributed by atoms with Crippen molar-refractivity contribution in [3.8, 4) is 0 Å². The molecule has 104 valence electrons. The van der Waals surface area contributed by atoms with E-state index in [1.54, 1.807) is 20.8 Å². The zero-order valence-corrected chi connectivity index (χ0v) is 11.7.